The van der Waals surface area contributed by atoms with Crippen molar-refractivity contribution >= 4 is 11.6 Å². The lowest BCUT2D eigenvalue weighted by Gasteiger charge is -2.10. The summed E-state index contributed by atoms with van der Waals surface area (Å²) in [5.74, 6) is 0.496. The molecule has 0 amide bonds. The SMILES string of the molecule is CC(CCO)CNCc1ccc(Cl)nc1. The number of aliphatic hydroxyl groups excluding tert-OH is 1. The molecule has 1 heterocycles. The van der Waals surface area contributed by atoms with Gasteiger partial charge in [0.2, 0.25) is 0 Å². The van der Waals surface area contributed by atoms with Gasteiger partial charge in [0, 0.05) is 19.3 Å². The highest BCUT2D eigenvalue weighted by Crippen LogP contribution is 2.05. The number of pyridine rings is 1. The number of aliphatic hydroxyl groups is 1. The first-order valence-electron chi connectivity index (χ1n) is 5.14. The van der Waals surface area contributed by atoms with Crippen molar-refractivity contribution in [2.75, 3.05) is 13.2 Å². The maximum absolute atomic E-state index is 8.73. The number of nitrogens with one attached hydrogen (secondary N) is 1. The van der Waals surface area contributed by atoms with Gasteiger partial charge in [0.15, 0.2) is 0 Å². The first-order valence-corrected chi connectivity index (χ1v) is 5.52. The minimum Gasteiger partial charge on any atom is -0.396 e. The van der Waals surface area contributed by atoms with Crippen molar-refractivity contribution in [3.8, 4) is 0 Å². The van der Waals surface area contributed by atoms with Crippen molar-refractivity contribution in [2.45, 2.75) is 19.9 Å². The van der Waals surface area contributed by atoms with Crippen LogP contribution in [-0.4, -0.2) is 23.2 Å². The minimum absolute atomic E-state index is 0.255. The Morgan fingerprint density at radius 2 is 2.33 bits per heavy atom. The summed E-state index contributed by atoms with van der Waals surface area (Å²) in [4.78, 5) is 4.00. The Morgan fingerprint density at radius 1 is 1.53 bits per heavy atom. The van der Waals surface area contributed by atoms with Crippen LogP contribution in [0.25, 0.3) is 0 Å². The van der Waals surface area contributed by atoms with Gasteiger partial charge in [-0.1, -0.05) is 24.6 Å². The molecule has 1 aromatic rings. The van der Waals surface area contributed by atoms with Crippen molar-refractivity contribution in [1.82, 2.24) is 10.3 Å². The molecule has 0 aromatic carbocycles. The van der Waals surface area contributed by atoms with Crippen LogP contribution in [0.2, 0.25) is 5.15 Å². The summed E-state index contributed by atoms with van der Waals surface area (Å²) >= 11 is 5.68. The molecule has 0 saturated heterocycles. The zero-order valence-electron chi connectivity index (χ0n) is 8.91. The number of hydrogen-bond acceptors (Lipinski definition) is 3. The van der Waals surface area contributed by atoms with Crippen LogP contribution in [0.15, 0.2) is 18.3 Å². The molecule has 1 atom stereocenters. The van der Waals surface area contributed by atoms with E-state index in [1.165, 1.54) is 0 Å². The van der Waals surface area contributed by atoms with Crippen LogP contribution >= 0.6 is 11.6 Å². The van der Waals surface area contributed by atoms with E-state index in [2.05, 4.69) is 17.2 Å². The normalized spacial score (nSPS) is 12.7. The summed E-state index contributed by atoms with van der Waals surface area (Å²) in [5, 5.41) is 12.6. The molecule has 3 nitrogen and oxygen atoms in total. The number of hydrogen-bond donors (Lipinski definition) is 2. The van der Waals surface area contributed by atoms with Crippen LogP contribution < -0.4 is 5.32 Å². The molecule has 0 saturated carbocycles. The molecule has 0 bridgehead atoms. The first kappa shape index (κ1) is 12.4. The van der Waals surface area contributed by atoms with Gasteiger partial charge in [-0.15, -0.1) is 0 Å². The van der Waals surface area contributed by atoms with Gasteiger partial charge < -0.3 is 10.4 Å². The summed E-state index contributed by atoms with van der Waals surface area (Å²) in [6.07, 6.45) is 2.61. The molecule has 2 N–H and O–H groups in total. The average molecular weight is 229 g/mol. The molecule has 0 fully saturated rings. The monoisotopic (exact) mass is 228 g/mol. The quantitative estimate of drug-likeness (QED) is 0.731. The van der Waals surface area contributed by atoms with Gasteiger partial charge in [0.25, 0.3) is 0 Å². The van der Waals surface area contributed by atoms with Crippen molar-refractivity contribution < 1.29 is 5.11 Å². The van der Waals surface area contributed by atoms with E-state index in [9.17, 15) is 0 Å². The number of aromatic nitrogens is 1. The fourth-order valence-electron chi connectivity index (χ4n) is 1.30. The van der Waals surface area contributed by atoms with Crippen LogP contribution in [0.5, 0.6) is 0 Å². The van der Waals surface area contributed by atoms with Gasteiger partial charge in [-0.2, -0.15) is 0 Å². The van der Waals surface area contributed by atoms with Gasteiger partial charge in [-0.25, -0.2) is 4.98 Å². The third kappa shape index (κ3) is 5.11. The van der Waals surface area contributed by atoms with Gasteiger partial charge in [0.05, 0.1) is 0 Å². The third-order valence-electron chi connectivity index (χ3n) is 2.23. The summed E-state index contributed by atoms with van der Waals surface area (Å²) in [6, 6.07) is 3.74. The second-order valence-corrected chi connectivity index (χ2v) is 4.12. The summed E-state index contributed by atoms with van der Waals surface area (Å²) < 4.78 is 0. The van der Waals surface area contributed by atoms with E-state index in [1.807, 2.05) is 6.07 Å². The molecule has 1 unspecified atom stereocenters. The molecule has 0 spiro atoms. The zero-order chi connectivity index (χ0) is 11.1. The molecular weight excluding hydrogens is 212 g/mol. The molecule has 0 aliphatic heterocycles. The van der Waals surface area contributed by atoms with E-state index < -0.39 is 0 Å². The van der Waals surface area contributed by atoms with Gasteiger partial charge in [0.1, 0.15) is 5.15 Å². The highest BCUT2D eigenvalue weighted by Gasteiger charge is 2.00. The Morgan fingerprint density at radius 3 is 2.93 bits per heavy atom. The first-order chi connectivity index (χ1) is 7.22. The van der Waals surface area contributed by atoms with Crippen molar-refractivity contribution in [3.05, 3.63) is 29.0 Å². The van der Waals surface area contributed by atoms with Gasteiger partial charge in [-0.05, 0) is 30.5 Å². The molecular formula is C11H17ClN2O. The van der Waals surface area contributed by atoms with E-state index >= 15 is 0 Å². The largest absolute Gasteiger partial charge is 0.396 e. The van der Waals surface area contributed by atoms with Crippen LogP contribution in [0.1, 0.15) is 18.9 Å². The standard InChI is InChI=1S/C11H17ClN2O/c1-9(4-5-15)6-13-7-10-2-3-11(12)14-8-10/h2-3,8-9,13,15H,4-7H2,1H3. The van der Waals surface area contributed by atoms with E-state index in [0.29, 0.717) is 11.1 Å². The fourth-order valence-corrected chi connectivity index (χ4v) is 1.41. The predicted molar refractivity (Wildman–Crippen MR) is 61.8 cm³/mol. The van der Waals surface area contributed by atoms with Crippen molar-refractivity contribution in [2.24, 2.45) is 5.92 Å². The molecule has 84 valence electrons. The molecule has 0 aliphatic rings. The number of nitrogens with zero attached hydrogens (tertiary/aromatic N) is 1. The zero-order valence-corrected chi connectivity index (χ0v) is 9.67. The van der Waals surface area contributed by atoms with Crippen molar-refractivity contribution in [3.63, 3.8) is 0 Å². The lowest BCUT2D eigenvalue weighted by Crippen LogP contribution is -2.21. The molecule has 4 heteroatoms. The number of rotatable bonds is 6. The predicted octanol–water partition coefficient (Wildman–Crippen LogP) is 1.84. The van der Waals surface area contributed by atoms with E-state index in [1.54, 1.807) is 12.3 Å². The number of halogens is 1. The highest BCUT2D eigenvalue weighted by molar-refractivity contribution is 6.29. The Balaban J connectivity index is 2.22. The van der Waals surface area contributed by atoms with Crippen LogP contribution in [0.4, 0.5) is 0 Å². The van der Waals surface area contributed by atoms with Crippen molar-refractivity contribution in [1.29, 1.82) is 0 Å². The second kappa shape index (κ2) is 6.77. The summed E-state index contributed by atoms with van der Waals surface area (Å²) in [7, 11) is 0. The Kier molecular flexibility index (Phi) is 5.61. The maximum atomic E-state index is 8.73. The molecule has 15 heavy (non-hydrogen) atoms. The maximum Gasteiger partial charge on any atom is 0.129 e. The molecule has 1 rings (SSSR count). The van der Waals surface area contributed by atoms with Gasteiger partial charge in [-0.3, -0.25) is 0 Å². The topological polar surface area (TPSA) is 45.1 Å². The van der Waals surface area contributed by atoms with E-state index in [0.717, 1.165) is 25.1 Å². The lowest BCUT2D eigenvalue weighted by atomic mass is 10.1. The molecule has 0 radical (unpaired) electrons. The van der Waals surface area contributed by atoms with E-state index in [-0.39, 0.29) is 6.61 Å². The average Bonchev–Trinajstić information content (AvgIpc) is 2.21. The second-order valence-electron chi connectivity index (χ2n) is 3.74. The molecule has 1 aromatic heterocycles. The molecule has 0 aliphatic carbocycles. The Bertz CT molecular complexity index is 276. The Hall–Kier alpha value is -0.640. The summed E-state index contributed by atoms with van der Waals surface area (Å²) in [6.45, 7) is 4.07. The summed E-state index contributed by atoms with van der Waals surface area (Å²) in [5.41, 5.74) is 1.12. The minimum atomic E-state index is 0.255. The highest BCUT2D eigenvalue weighted by atomic mass is 35.5. The van der Waals surface area contributed by atoms with Crippen LogP contribution in [0.3, 0.4) is 0 Å². The Labute approximate surface area is 95.5 Å². The smallest absolute Gasteiger partial charge is 0.129 e. The van der Waals surface area contributed by atoms with E-state index in [4.69, 9.17) is 16.7 Å². The van der Waals surface area contributed by atoms with Crippen LogP contribution in [0, 0.1) is 5.92 Å². The lowest BCUT2D eigenvalue weighted by molar-refractivity contribution is 0.260. The van der Waals surface area contributed by atoms with Gasteiger partial charge >= 0.3 is 0 Å². The third-order valence-corrected chi connectivity index (χ3v) is 2.46. The van der Waals surface area contributed by atoms with Crippen LogP contribution in [-0.2, 0) is 6.54 Å². The fraction of sp³-hybridized carbons (Fsp3) is 0.545.